The van der Waals surface area contributed by atoms with Crippen LogP contribution in [0, 0.1) is 6.92 Å². The van der Waals surface area contributed by atoms with Gasteiger partial charge in [0.1, 0.15) is 0 Å². The number of sulfonamides is 1. The van der Waals surface area contributed by atoms with Crippen molar-refractivity contribution in [2.75, 3.05) is 0 Å². The van der Waals surface area contributed by atoms with Gasteiger partial charge in [-0.1, -0.05) is 28.1 Å². The van der Waals surface area contributed by atoms with Crippen molar-refractivity contribution in [3.63, 3.8) is 0 Å². The average molecular weight is 406 g/mol. The molecule has 0 bridgehead atoms. The summed E-state index contributed by atoms with van der Waals surface area (Å²) in [6, 6.07) is 14.4. The highest BCUT2D eigenvalue weighted by Crippen LogP contribution is 2.20. The molecular formula is C17H16BrN3O2S. The zero-order valence-corrected chi connectivity index (χ0v) is 15.4. The van der Waals surface area contributed by atoms with E-state index in [1.54, 1.807) is 29.1 Å². The summed E-state index contributed by atoms with van der Waals surface area (Å²) in [6.45, 7) is 2.07. The lowest BCUT2D eigenvalue weighted by atomic mass is 10.2. The second kappa shape index (κ2) is 6.88. The Balaban J connectivity index is 1.77. The van der Waals surface area contributed by atoms with Gasteiger partial charge < -0.3 is 0 Å². The lowest BCUT2D eigenvalue weighted by Gasteiger charge is -2.09. The van der Waals surface area contributed by atoms with Crippen LogP contribution in [0.4, 0.5) is 0 Å². The van der Waals surface area contributed by atoms with Crippen molar-refractivity contribution in [3.05, 3.63) is 76.5 Å². The molecule has 1 aromatic heterocycles. The Hall–Kier alpha value is -1.96. The van der Waals surface area contributed by atoms with E-state index in [1.165, 1.54) is 0 Å². The topological polar surface area (TPSA) is 64.0 Å². The summed E-state index contributed by atoms with van der Waals surface area (Å²) in [6.07, 6.45) is 3.54. The molecule has 3 aromatic rings. The number of hydrogen-bond acceptors (Lipinski definition) is 3. The van der Waals surface area contributed by atoms with Gasteiger partial charge in [0.2, 0.25) is 10.0 Å². The van der Waals surface area contributed by atoms with Gasteiger partial charge in [0.25, 0.3) is 0 Å². The quantitative estimate of drug-likeness (QED) is 0.706. The molecule has 0 amide bonds. The van der Waals surface area contributed by atoms with E-state index < -0.39 is 10.0 Å². The first kappa shape index (κ1) is 16.9. The van der Waals surface area contributed by atoms with Crippen LogP contribution in [-0.2, 0) is 16.6 Å². The van der Waals surface area contributed by atoms with E-state index in [0.717, 1.165) is 21.3 Å². The molecule has 0 aliphatic rings. The summed E-state index contributed by atoms with van der Waals surface area (Å²) in [7, 11) is -3.56. The van der Waals surface area contributed by atoms with Gasteiger partial charge >= 0.3 is 0 Å². The predicted octanol–water partition coefficient (Wildman–Crippen LogP) is 3.42. The van der Waals surface area contributed by atoms with Crippen LogP contribution >= 0.6 is 15.9 Å². The van der Waals surface area contributed by atoms with Crippen molar-refractivity contribution in [2.45, 2.75) is 18.4 Å². The molecule has 0 aliphatic carbocycles. The highest BCUT2D eigenvalue weighted by atomic mass is 79.9. The monoisotopic (exact) mass is 405 g/mol. The second-order valence-corrected chi connectivity index (χ2v) is 7.98. The van der Waals surface area contributed by atoms with Crippen molar-refractivity contribution in [1.82, 2.24) is 14.5 Å². The minimum absolute atomic E-state index is 0.215. The van der Waals surface area contributed by atoms with Gasteiger partial charge in [-0.2, -0.15) is 5.10 Å². The molecule has 0 spiro atoms. The van der Waals surface area contributed by atoms with Crippen LogP contribution in [0.15, 0.2) is 70.3 Å². The number of benzene rings is 2. The first-order valence-corrected chi connectivity index (χ1v) is 9.58. The van der Waals surface area contributed by atoms with E-state index in [4.69, 9.17) is 0 Å². The summed E-state index contributed by atoms with van der Waals surface area (Å²) < 4.78 is 30.1. The Bertz CT molecular complexity index is 954. The first-order valence-electron chi connectivity index (χ1n) is 7.30. The van der Waals surface area contributed by atoms with Gasteiger partial charge in [-0.15, -0.1) is 0 Å². The van der Waals surface area contributed by atoms with Crippen molar-refractivity contribution < 1.29 is 8.42 Å². The summed E-state index contributed by atoms with van der Waals surface area (Å²) in [5, 5.41) is 4.18. The molecule has 5 nitrogen and oxygen atoms in total. The van der Waals surface area contributed by atoms with Gasteiger partial charge in [-0.05, 0) is 54.4 Å². The van der Waals surface area contributed by atoms with Crippen molar-refractivity contribution >= 4 is 26.0 Å². The molecule has 0 unspecified atom stereocenters. The zero-order chi connectivity index (χ0) is 17.2. The molecule has 24 heavy (non-hydrogen) atoms. The number of rotatable bonds is 5. The number of halogens is 1. The van der Waals surface area contributed by atoms with Crippen LogP contribution in [0.1, 0.15) is 11.1 Å². The van der Waals surface area contributed by atoms with Crippen LogP contribution < -0.4 is 4.72 Å². The molecule has 124 valence electrons. The van der Waals surface area contributed by atoms with Crippen LogP contribution in [0.5, 0.6) is 0 Å². The molecule has 7 heteroatoms. The fraction of sp³-hybridized carbons (Fsp3) is 0.118. The third-order valence-electron chi connectivity index (χ3n) is 3.59. The first-order chi connectivity index (χ1) is 11.5. The molecular weight excluding hydrogens is 390 g/mol. The molecule has 0 saturated carbocycles. The third-order valence-corrected chi connectivity index (χ3v) is 5.87. The SMILES string of the molecule is Cc1cc(S(=O)(=O)NCc2cccc(-n3cccn3)c2)ccc1Br. The fourth-order valence-electron chi connectivity index (χ4n) is 2.28. The molecule has 0 saturated heterocycles. The minimum atomic E-state index is -3.56. The summed E-state index contributed by atoms with van der Waals surface area (Å²) in [4.78, 5) is 0.256. The Morgan fingerprint density at radius 1 is 1.17 bits per heavy atom. The molecule has 3 rings (SSSR count). The molecule has 0 aliphatic heterocycles. The van der Waals surface area contributed by atoms with E-state index >= 15 is 0 Å². The van der Waals surface area contributed by atoms with Gasteiger partial charge in [0, 0.05) is 23.4 Å². The zero-order valence-electron chi connectivity index (χ0n) is 13.0. The maximum Gasteiger partial charge on any atom is 0.240 e. The minimum Gasteiger partial charge on any atom is -0.241 e. The normalized spacial score (nSPS) is 11.6. The van der Waals surface area contributed by atoms with E-state index in [1.807, 2.05) is 43.5 Å². The number of nitrogens with zero attached hydrogens (tertiary/aromatic N) is 2. The van der Waals surface area contributed by atoms with Crippen LogP contribution in [0.3, 0.4) is 0 Å². The summed E-state index contributed by atoms with van der Waals surface area (Å²) in [5.74, 6) is 0. The van der Waals surface area contributed by atoms with Gasteiger partial charge in [0.15, 0.2) is 0 Å². The molecule has 2 aromatic carbocycles. The second-order valence-electron chi connectivity index (χ2n) is 5.36. The van der Waals surface area contributed by atoms with Gasteiger partial charge in [0.05, 0.1) is 10.6 Å². The largest absolute Gasteiger partial charge is 0.241 e. The van der Waals surface area contributed by atoms with E-state index in [-0.39, 0.29) is 11.4 Å². The average Bonchev–Trinajstić information content (AvgIpc) is 3.10. The number of hydrogen-bond donors (Lipinski definition) is 1. The lowest BCUT2D eigenvalue weighted by molar-refractivity contribution is 0.581. The smallest absolute Gasteiger partial charge is 0.240 e. The Kier molecular flexibility index (Phi) is 4.84. The predicted molar refractivity (Wildman–Crippen MR) is 96.5 cm³/mol. The molecule has 1 heterocycles. The number of aromatic nitrogens is 2. The lowest BCUT2D eigenvalue weighted by Crippen LogP contribution is -2.23. The van der Waals surface area contributed by atoms with Crippen molar-refractivity contribution in [1.29, 1.82) is 0 Å². The van der Waals surface area contributed by atoms with Gasteiger partial charge in [-0.25, -0.2) is 17.8 Å². The molecule has 0 radical (unpaired) electrons. The third kappa shape index (κ3) is 3.75. The number of nitrogens with one attached hydrogen (secondary N) is 1. The summed E-state index contributed by atoms with van der Waals surface area (Å²) >= 11 is 3.38. The van der Waals surface area contributed by atoms with E-state index in [9.17, 15) is 8.42 Å². The summed E-state index contributed by atoms with van der Waals surface area (Å²) in [5.41, 5.74) is 2.62. The Morgan fingerprint density at radius 2 is 2.00 bits per heavy atom. The van der Waals surface area contributed by atoms with Crippen LogP contribution in [0.2, 0.25) is 0 Å². The highest BCUT2D eigenvalue weighted by Gasteiger charge is 2.14. The highest BCUT2D eigenvalue weighted by molar-refractivity contribution is 9.10. The van der Waals surface area contributed by atoms with E-state index in [0.29, 0.717) is 0 Å². The van der Waals surface area contributed by atoms with Gasteiger partial charge in [-0.3, -0.25) is 0 Å². The fourth-order valence-corrected chi connectivity index (χ4v) is 3.63. The van der Waals surface area contributed by atoms with Crippen molar-refractivity contribution in [2.24, 2.45) is 0 Å². The molecule has 0 atom stereocenters. The molecule has 1 N–H and O–H groups in total. The van der Waals surface area contributed by atoms with Crippen LogP contribution in [0.25, 0.3) is 5.69 Å². The Morgan fingerprint density at radius 3 is 2.71 bits per heavy atom. The van der Waals surface area contributed by atoms with E-state index in [2.05, 4.69) is 25.8 Å². The molecule has 0 fully saturated rings. The van der Waals surface area contributed by atoms with Crippen LogP contribution in [-0.4, -0.2) is 18.2 Å². The van der Waals surface area contributed by atoms with Crippen molar-refractivity contribution in [3.8, 4) is 5.69 Å². The maximum absolute atomic E-state index is 12.4. The number of aryl methyl sites for hydroxylation is 1. The standard InChI is InChI=1S/C17H16BrN3O2S/c1-13-10-16(6-7-17(13)18)24(22,23)20-12-14-4-2-5-15(11-14)21-9-3-8-19-21/h2-11,20H,12H2,1H3. The Labute approximate surface area is 149 Å². The maximum atomic E-state index is 12.4.